The van der Waals surface area contributed by atoms with E-state index in [0.29, 0.717) is 18.2 Å². The van der Waals surface area contributed by atoms with E-state index in [9.17, 15) is 4.79 Å². The first-order valence-corrected chi connectivity index (χ1v) is 6.26. The van der Waals surface area contributed by atoms with Crippen molar-refractivity contribution >= 4 is 5.82 Å². The molecular formula is C13H19N5O. The molecular weight excluding hydrogens is 242 g/mol. The molecule has 0 saturated heterocycles. The van der Waals surface area contributed by atoms with E-state index in [1.165, 1.54) is 6.07 Å². The van der Waals surface area contributed by atoms with Crippen molar-refractivity contribution in [1.29, 1.82) is 0 Å². The zero-order valence-corrected chi connectivity index (χ0v) is 11.7. The molecule has 0 spiro atoms. The first-order valence-electron chi connectivity index (χ1n) is 6.26. The van der Waals surface area contributed by atoms with Gasteiger partial charge >= 0.3 is 0 Å². The zero-order chi connectivity index (χ0) is 14.0. The molecule has 0 saturated carbocycles. The molecule has 0 aliphatic rings. The Bertz CT molecular complexity index is 613. The highest BCUT2D eigenvalue weighted by Gasteiger charge is 2.10. The number of aryl methyl sites for hydroxylation is 1. The number of hydrogen-bond acceptors (Lipinski definition) is 4. The van der Waals surface area contributed by atoms with Gasteiger partial charge in [0.2, 0.25) is 0 Å². The summed E-state index contributed by atoms with van der Waals surface area (Å²) in [5, 5.41) is 0. The molecule has 0 aliphatic carbocycles. The van der Waals surface area contributed by atoms with Gasteiger partial charge in [0.15, 0.2) is 0 Å². The van der Waals surface area contributed by atoms with Crippen LogP contribution in [0.2, 0.25) is 0 Å². The lowest BCUT2D eigenvalue weighted by Crippen LogP contribution is -2.23. The van der Waals surface area contributed by atoms with Gasteiger partial charge in [-0.15, -0.1) is 0 Å². The molecule has 0 unspecified atom stereocenters. The first-order chi connectivity index (χ1) is 8.97. The molecule has 0 radical (unpaired) electrons. The van der Waals surface area contributed by atoms with E-state index < -0.39 is 0 Å². The normalized spacial score (nSPS) is 11.0. The number of aromatic amines is 1. The quantitative estimate of drug-likeness (QED) is 0.900. The molecule has 0 aliphatic heterocycles. The molecule has 2 aromatic heterocycles. The number of nitrogens with zero attached hydrogens (tertiary/aromatic N) is 4. The van der Waals surface area contributed by atoms with Crippen molar-refractivity contribution in [2.75, 3.05) is 11.9 Å². The summed E-state index contributed by atoms with van der Waals surface area (Å²) in [6.45, 7) is 4.61. The number of anilines is 1. The molecule has 0 bridgehead atoms. The van der Waals surface area contributed by atoms with Crippen LogP contribution in [0.3, 0.4) is 0 Å². The topological polar surface area (TPSA) is 66.8 Å². The van der Waals surface area contributed by atoms with Crippen LogP contribution >= 0.6 is 0 Å². The molecule has 2 rings (SSSR count). The minimum Gasteiger partial charge on any atom is -0.352 e. The van der Waals surface area contributed by atoms with E-state index in [1.54, 1.807) is 6.20 Å². The molecule has 2 aromatic rings. The highest BCUT2D eigenvalue weighted by atomic mass is 16.1. The van der Waals surface area contributed by atoms with Gasteiger partial charge in [-0.2, -0.15) is 0 Å². The smallest absolute Gasteiger partial charge is 0.252 e. The van der Waals surface area contributed by atoms with E-state index in [1.807, 2.05) is 43.6 Å². The maximum Gasteiger partial charge on any atom is 0.252 e. The van der Waals surface area contributed by atoms with E-state index in [0.717, 1.165) is 5.82 Å². The predicted molar refractivity (Wildman–Crippen MR) is 74.3 cm³/mol. The van der Waals surface area contributed by atoms with Crippen LogP contribution in [0.4, 0.5) is 5.82 Å². The second-order valence-corrected chi connectivity index (χ2v) is 4.95. The second-order valence-electron chi connectivity index (χ2n) is 4.95. The molecule has 0 atom stereocenters. The summed E-state index contributed by atoms with van der Waals surface area (Å²) in [7, 11) is 3.85. The lowest BCUT2D eigenvalue weighted by molar-refractivity contribution is 0.730. The van der Waals surface area contributed by atoms with Crippen molar-refractivity contribution in [3.8, 4) is 0 Å². The molecule has 102 valence electrons. The second kappa shape index (κ2) is 5.26. The monoisotopic (exact) mass is 261 g/mol. The van der Waals surface area contributed by atoms with Crippen molar-refractivity contribution in [2.45, 2.75) is 26.3 Å². The highest BCUT2D eigenvalue weighted by molar-refractivity contribution is 5.36. The SMILES string of the molecule is CC(C)c1nc(N(C)Cc2nccn2C)cc(=O)[nH]1. The summed E-state index contributed by atoms with van der Waals surface area (Å²) in [6.07, 6.45) is 3.65. The van der Waals surface area contributed by atoms with Crippen LogP contribution in [0.25, 0.3) is 0 Å². The van der Waals surface area contributed by atoms with Crippen LogP contribution < -0.4 is 10.5 Å². The van der Waals surface area contributed by atoms with E-state index in [2.05, 4.69) is 15.0 Å². The molecule has 19 heavy (non-hydrogen) atoms. The van der Waals surface area contributed by atoms with Crippen LogP contribution in [0, 0.1) is 0 Å². The maximum atomic E-state index is 11.6. The fraction of sp³-hybridized carbons (Fsp3) is 0.462. The summed E-state index contributed by atoms with van der Waals surface area (Å²) < 4.78 is 1.95. The number of aromatic nitrogens is 4. The summed E-state index contributed by atoms with van der Waals surface area (Å²) in [5.74, 6) is 2.48. The standard InChI is InChI=1S/C13H19N5O/c1-9(2)13-15-10(7-12(19)16-13)18(4)8-11-14-5-6-17(11)3/h5-7,9H,8H2,1-4H3,(H,15,16,19). The van der Waals surface area contributed by atoms with Gasteiger partial charge in [-0.25, -0.2) is 9.97 Å². The Balaban J connectivity index is 2.26. The molecule has 6 nitrogen and oxygen atoms in total. The Morgan fingerprint density at radius 2 is 2.21 bits per heavy atom. The van der Waals surface area contributed by atoms with Crippen LogP contribution in [0.5, 0.6) is 0 Å². The fourth-order valence-corrected chi connectivity index (χ4v) is 1.77. The van der Waals surface area contributed by atoms with Gasteiger partial charge in [0, 0.05) is 38.5 Å². The fourth-order valence-electron chi connectivity index (χ4n) is 1.77. The van der Waals surface area contributed by atoms with Gasteiger partial charge in [-0.1, -0.05) is 13.8 Å². The third-order valence-corrected chi connectivity index (χ3v) is 2.98. The molecule has 6 heteroatoms. The Morgan fingerprint density at radius 3 is 2.79 bits per heavy atom. The third kappa shape index (κ3) is 3.01. The highest BCUT2D eigenvalue weighted by Crippen LogP contribution is 2.13. The van der Waals surface area contributed by atoms with Gasteiger partial charge < -0.3 is 14.5 Å². The summed E-state index contributed by atoms with van der Waals surface area (Å²) in [6, 6.07) is 1.51. The van der Waals surface area contributed by atoms with Crippen LogP contribution in [-0.4, -0.2) is 26.6 Å². The van der Waals surface area contributed by atoms with Gasteiger partial charge in [-0.05, 0) is 0 Å². The average molecular weight is 261 g/mol. The zero-order valence-electron chi connectivity index (χ0n) is 11.7. The predicted octanol–water partition coefficient (Wildman–Crippen LogP) is 1.26. The molecule has 1 N–H and O–H groups in total. The van der Waals surface area contributed by atoms with Crippen LogP contribution in [-0.2, 0) is 13.6 Å². The van der Waals surface area contributed by atoms with Crippen molar-refractivity contribution < 1.29 is 0 Å². The number of nitrogens with one attached hydrogen (secondary N) is 1. The minimum atomic E-state index is -0.125. The van der Waals surface area contributed by atoms with E-state index in [4.69, 9.17) is 0 Å². The lowest BCUT2D eigenvalue weighted by atomic mass is 10.2. The third-order valence-electron chi connectivity index (χ3n) is 2.98. The van der Waals surface area contributed by atoms with Gasteiger partial charge in [0.1, 0.15) is 17.5 Å². The maximum absolute atomic E-state index is 11.6. The van der Waals surface area contributed by atoms with Gasteiger partial charge in [0.05, 0.1) is 6.54 Å². The van der Waals surface area contributed by atoms with E-state index in [-0.39, 0.29) is 11.5 Å². The van der Waals surface area contributed by atoms with Crippen molar-refractivity contribution in [3.05, 3.63) is 40.5 Å². The Kier molecular flexibility index (Phi) is 3.69. The Hall–Kier alpha value is -2.11. The number of rotatable bonds is 4. The Labute approximate surface area is 112 Å². The van der Waals surface area contributed by atoms with Crippen molar-refractivity contribution in [2.24, 2.45) is 7.05 Å². The lowest BCUT2D eigenvalue weighted by Gasteiger charge is -2.18. The molecule has 0 fully saturated rings. The average Bonchev–Trinajstić information content (AvgIpc) is 2.74. The van der Waals surface area contributed by atoms with Crippen molar-refractivity contribution in [1.82, 2.24) is 19.5 Å². The van der Waals surface area contributed by atoms with Crippen LogP contribution in [0.1, 0.15) is 31.4 Å². The number of H-pyrrole nitrogens is 1. The van der Waals surface area contributed by atoms with Crippen molar-refractivity contribution in [3.63, 3.8) is 0 Å². The molecule has 2 heterocycles. The number of hydrogen-bond donors (Lipinski definition) is 1. The largest absolute Gasteiger partial charge is 0.352 e. The first kappa shape index (κ1) is 13.3. The summed E-state index contributed by atoms with van der Waals surface area (Å²) in [5.41, 5.74) is -0.125. The summed E-state index contributed by atoms with van der Waals surface area (Å²) in [4.78, 5) is 25.1. The molecule has 0 amide bonds. The van der Waals surface area contributed by atoms with Crippen LogP contribution in [0.15, 0.2) is 23.3 Å². The Morgan fingerprint density at radius 1 is 1.47 bits per heavy atom. The van der Waals surface area contributed by atoms with Gasteiger partial charge in [-0.3, -0.25) is 4.79 Å². The number of imidazole rings is 1. The summed E-state index contributed by atoms with van der Waals surface area (Å²) >= 11 is 0. The van der Waals surface area contributed by atoms with Gasteiger partial charge in [0.25, 0.3) is 5.56 Å². The van der Waals surface area contributed by atoms with E-state index >= 15 is 0 Å². The molecule has 0 aromatic carbocycles. The minimum absolute atomic E-state index is 0.125.